The third-order valence-corrected chi connectivity index (χ3v) is 2.38. The van der Waals surface area contributed by atoms with Crippen molar-refractivity contribution in [3.8, 4) is 5.75 Å². The van der Waals surface area contributed by atoms with Gasteiger partial charge in [-0.05, 0) is 24.3 Å². The third-order valence-electron chi connectivity index (χ3n) is 2.38. The predicted octanol–water partition coefficient (Wildman–Crippen LogP) is 1.36. The van der Waals surface area contributed by atoms with Gasteiger partial charge in [0.25, 0.3) is 12.3 Å². The van der Waals surface area contributed by atoms with Crippen LogP contribution in [0.1, 0.15) is 10.4 Å². The molecule has 0 bridgehead atoms. The summed E-state index contributed by atoms with van der Waals surface area (Å²) in [5, 5.41) is 0. The lowest BCUT2D eigenvalue weighted by molar-refractivity contribution is 0.0563. The molecule has 100 valence electrons. The second kappa shape index (κ2) is 6.90. The summed E-state index contributed by atoms with van der Waals surface area (Å²) in [6.45, 7) is -0.355. The van der Waals surface area contributed by atoms with Crippen molar-refractivity contribution in [2.45, 2.75) is 6.43 Å². The van der Waals surface area contributed by atoms with Gasteiger partial charge >= 0.3 is 0 Å². The molecule has 0 radical (unpaired) electrons. The van der Waals surface area contributed by atoms with Gasteiger partial charge in [0, 0.05) is 18.7 Å². The zero-order valence-corrected chi connectivity index (χ0v) is 10.1. The number of alkyl halides is 2. The Morgan fingerprint density at radius 2 is 2.00 bits per heavy atom. The summed E-state index contributed by atoms with van der Waals surface area (Å²) in [7, 11) is 1.51. The molecule has 1 amide bonds. The largest absolute Gasteiger partial charge is 0.497 e. The lowest BCUT2D eigenvalue weighted by Gasteiger charge is -2.21. The highest BCUT2D eigenvalue weighted by Gasteiger charge is 2.18. The molecule has 1 aromatic rings. The third kappa shape index (κ3) is 3.96. The van der Waals surface area contributed by atoms with Crippen LogP contribution < -0.4 is 10.5 Å². The van der Waals surface area contributed by atoms with E-state index in [1.165, 1.54) is 19.2 Å². The van der Waals surface area contributed by atoms with Crippen LogP contribution in [0.2, 0.25) is 0 Å². The van der Waals surface area contributed by atoms with Crippen LogP contribution in [-0.4, -0.2) is 44.0 Å². The Hall–Kier alpha value is -1.69. The summed E-state index contributed by atoms with van der Waals surface area (Å²) in [4.78, 5) is 13.0. The Bertz CT molecular complexity index is 382. The van der Waals surface area contributed by atoms with Gasteiger partial charge in [-0.3, -0.25) is 4.79 Å². The minimum absolute atomic E-state index is 0.106. The van der Waals surface area contributed by atoms with Crippen molar-refractivity contribution in [2.75, 3.05) is 26.7 Å². The zero-order valence-electron chi connectivity index (χ0n) is 10.1. The van der Waals surface area contributed by atoms with Crippen LogP contribution in [-0.2, 0) is 0 Å². The van der Waals surface area contributed by atoms with E-state index in [1.807, 2.05) is 0 Å². The molecule has 2 N–H and O–H groups in total. The van der Waals surface area contributed by atoms with Gasteiger partial charge in [0.05, 0.1) is 13.7 Å². The van der Waals surface area contributed by atoms with Crippen molar-refractivity contribution >= 4 is 5.91 Å². The fraction of sp³-hybridized carbons (Fsp3) is 0.417. The Labute approximate surface area is 104 Å². The maximum Gasteiger partial charge on any atom is 0.255 e. The van der Waals surface area contributed by atoms with Gasteiger partial charge in [0.2, 0.25) is 0 Å². The van der Waals surface area contributed by atoms with E-state index in [4.69, 9.17) is 10.5 Å². The Morgan fingerprint density at radius 1 is 1.39 bits per heavy atom. The molecule has 6 heteroatoms. The normalized spacial score (nSPS) is 10.5. The lowest BCUT2D eigenvalue weighted by Crippen LogP contribution is -2.38. The van der Waals surface area contributed by atoms with Crippen molar-refractivity contribution in [3.05, 3.63) is 29.8 Å². The topological polar surface area (TPSA) is 55.6 Å². The van der Waals surface area contributed by atoms with E-state index in [0.29, 0.717) is 11.3 Å². The van der Waals surface area contributed by atoms with Crippen LogP contribution in [0.4, 0.5) is 8.78 Å². The molecule has 0 aliphatic rings. The van der Waals surface area contributed by atoms with Gasteiger partial charge in [-0.15, -0.1) is 0 Å². The van der Waals surface area contributed by atoms with Crippen LogP contribution in [0, 0.1) is 0 Å². The number of rotatable bonds is 6. The summed E-state index contributed by atoms with van der Waals surface area (Å²) in [5.41, 5.74) is 5.65. The van der Waals surface area contributed by atoms with E-state index in [1.54, 1.807) is 12.1 Å². The smallest absolute Gasteiger partial charge is 0.255 e. The molecule has 0 atom stereocenters. The number of carbonyl (C=O) groups excluding carboxylic acids is 1. The summed E-state index contributed by atoms with van der Waals surface area (Å²) in [6, 6.07) is 6.29. The van der Waals surface area contributed by atoms with Gasteiger partial charge in [0.15, 0.2) is 0 Å². The number of carbonyl (C=O) groups is 1. The molecule has 4 nitrogen and oxygen atoms in total. The summed E-state index contributed by atoms with van der Waals surface area (Å²) in [5.74, 6) is 0.147. The molecule has 0 saturated heterocycles. The first-order valence-electron chi connectivity index (χ1n) is 5.50. The summed E-state index contributed by atoms with van der Waals surface area (Å²) < 4.78 is 29.7. The first-order chi connectivity index (χ1) is 8.58. The van der Waals surface area contributed by atoms with Crippen LogP contribution >= 0.6 is 0 Å². The van der Waals surface area contributed by atoms with Gasteiger partial charge in [-0.1, -0.05) is 0 Å². The molecule has 0 unspecified atom stereocenters. The van der Waals surface area contributed by atoms with Crippen LogP contribution in [0.25, 0.3) is 0 Å². The SMILES string of the molecule is COc1ccc(C(=O)N(CCN)CC(F)F)cc1. The number of methoxy groups -OCH3 is 1. The minimum atomic E-state index is -2.57. The van der Waals surface area contributed by atoms with Crippen molar-refractivity contribution in [1.29, 1.82) is 0 Å². The quantitative estimate of drug-likeness (QED) is 0.838. The molecule has 0 aliphatic carbocycles. The molecular weight excluding hydrogens is 242 g/mol. The standard InChI is InChI=1S/C12H16F2N2O2/c1-18-10-4-2-9(3-5-10)12(17)16(7-6-15)8-11(13)14/h2-5,11H,6-8,15H2,1H3. The zero-order chi connectivity index (χ0) is 13.5. The van der Waals surface area contributed by atoms with E-state index in [2.05, 4.69) is 0 Å². The van der Waals surface area contributed by atoms with Crippen LogP contribution in [0.15, 0.2) is 24.3 Å². The van der Waals surface area contributed by atoms with E-state index < -0.39 is 18.9 Å². The second-order valence-corrected chi connectivity index (χ2v) is 3.66. The number of ether oxygens (including phenoxy) is 1. The monoisotopic (exact) mass is 258 g/mol. The van der Waals surface area contributed by atoms with E-state index in [9.17, 15) is 13.6 Å². The predicted molar refractivity (Wildman–Crippen MR) is 64.0 cm³/mol. The molecule has 0 aliphatic heterocycles. The molecule has 0 fully saturated rings. The Morgan fingerprint density at radius 3 is 2.44 bits per heavy atom. The first-order valence-corrected chi connectivity index (χ1v) is 5.50. The molecule has 1 aromatic carbocycles. The van der Waals surface area contributed by atoms with Gasteiger partial charge < -0.3 is 15.4 Å². The minimum Gasteiger partial charge on any atom is -0.497 e. The maximum absolute atomic E-state index is 12.3. The molecule has 0 heterocycles. The Balaban J connectivity index is 2.80. The number of halogens is 2. The van der Waals surface area contributed by atoms with Gasteiger partial charge in [0.1, 0.15) is 5.75 Å². The summed E-state index contributed by atoms with van der Waals surface area (Å²) >= 11 is 0. The van der Waals surface area contributed by atoms with E-state index in [0.717, 1.165) is 4.90 Å². The average molecular weight is 258 g/mol. The number of nitrogens with two attached hydrogens (primary N) is 1. The maximum atomic E-state index is 12.3. The molecule has 0 saturated carbocycles. The molecule has 0 aromatic heterocycles. The van der Waals surface area contributed by atoms with E-state index >= 15 is 0 Å². The molecule has 1 rings (SSSR count). The number of hydrogen-bond donors (Lipinski definition) is 1. The van der Waals surface area contributed by atoms with Gasteiger partial charge in [-0.25, -0.2) is 8.78 Å². The van der Waals surface area contributed by atoms with Crippen molar-refractivity contribution < 1.29 is 18.3 Å². The second-order valence-electron chi connectivity index (χ2n) is 3.66. The highest BCUT2D eigenvalue weighted by molar-refractivity contribution is 5.94. The number of hydrogen-bond acceptors (Lipinski definition) is 3. The number of nitrogens with zero attached hydrogens (tertiary/aromatic N) is 1. The molecular formula is C12H16F2N2O2. The van der Waals surface area contributed by atoms with Crippen molar-refractivity contribution in [1.82, 2.24) is 4.90 Å². The lowest BCUT2D eigenvalue weighted by atomic mass is 10.2. The van der Waals surface area contributed by atoms with Crippen LogP contribution in [0.5, 0.6) is 5.75 Å². The highest BCUT2D eigenvalue weighted by Crippen LogP contribution is 2.13. The van der Waals surface area contributed by atoms with Crippen molar-refractivity contribution in [3.63, 3.8) is 0 Å². The average Bonchev–Trinajstić information content (AvgIpc) is 2.37. The van der Waals surface area contributed by atoms with Crippen molar-refractivity contribution in [2.24, 2.45) is 5.73 Å². The number of amides is 1. The number of benzene rings is 1. The van der Waals surface area contributed by atoms with Crippen LogP contribution in [0.3, 0.4) is 0 Å². The molecule has 18 heavy (non-hydrogen) atoms. The van der Waals surface area contributed by atoms with E-state index in [-0.39, 0.29) is 13.1 Å². The van der Waals surface area contributed by atoms with Gasteiger partial charge in [-0.2, -0.15) is 0 Å². The molecule has 0 spiro atoms. The highest BCUT2D eigenvalue weighted by atomic mass is 19.3. The summed E-state index contributed by atoms with van der Waals surface area (Å²) in [6.07, 6.45) is -2.57. The Kier molecular flexibility index (Phi) is 5.51. The fourth-order valence-electron chi connectivity index (χ4n) is 1.51. The fourth-order valence-corrected chi connectivity index (χ4v) is 1.51. The first kappa shape index (κ1) is 14.4.